The van der Waals surface area contributed by atoms with Crippen LogP contribution < -0.4 is 5.32 Å². The first-order valence-electron chi connectivity index (χ1n) is 6.71. The first-order valence-corrected chi connectivity index (χ1v) is 7.65. The highest BCUT2D eigenvalue weighted by molar-refractivity contribution is 7.07. The van der Waals surface area contributed by atoms with Gasteiger partial charge in [-0.15, -0.1) is 0 Å². The molecule has 19 heavy (non-hydrogen) atoms. The third-order valence-corrected chi connectivity index (χ3v) is 3.92. The molecule has 0 spiro atoms. The van der Waals surface area contributed by atoms with Gasteiger partial charge in [0.1, 0.15) is 0 Å². The fourth-order valence-electron chi connectivity index (χ4n) is 1.99. The van der Waals surface area contributed by atoms with Gasteiger partial charge in [-0.3, -0.25) is 0 Å². The van der Waals surface area contributed by atoms with E-state index in [1.807, 2.05) is 6.92 Å². The Kier molecular flexibility index (Phi) is 5.58. The van der Waals surface area contributed by atoms with Crippen molar-refractivity contribution in [1.82, 2.24) is 5.32 Å². The zero-order chi connectivity index (χ0) is 13.5. The van der Waals surface area contributed by atoms with Crippen LogP contribution in [0.15, 0.2) is 41.1 Å². The van der Waals surface area contributed by atoms with E-state index in [2.05, 4.69) is 53.3 Å². The van der Waals surface area contributed by atoms with Gasteiger partial charge in [-0.1, -0.05) is 24.3 Å². The molecule has 0 bridgehead atoms. The topological polar surface area (TPSA) is 21.3 Å². The minimum absolute atomic E-state index is 0.381. The molecule has 0 aliphatic carbocycles. The summed E-state index contributed by atoms with van der Waals surface area (Å²) < 4.78 is 5.51. The molecule has 1 N–H and O–H groups in total. The van der Waals surface area contributed by atoms with E-state index in [9.17, 15) is 0 Å². The zero-order valence-corrected chi connectivity index (χ0v) is 12.4. The molecule has 0 amide bonds. The second kappa shape index (κ2) is 7.43. The Morgan fingerprint density at radius 3 is 2.68 bits per heavy atom. The first-order chi connectivity index (χ1) is 9.31. The molecule has 1 aromatic carbocycles. The van der Waals surface area contributed by atoms with Crippen molar-refractivity contribution in [3.8, 4) is 0 Å². The number of thiophene rings is 1. The summed E-state index contributed by atoms with van der Waals surface area (Å²) in [6.07, 6.45) is 0. The smallest absolute Gasteiger partial charge is 0.0719 e. The zero-order valence-electron chi connectivity index (χ0n) is 11.6. The normalized spacial score (nSPS) is 12.5. The van der Waals surface area contributed by atoms with Crippen LogP contribution in [0.2, 0.25) is 0 Å². The highest BCUT2D eigenvalue weighted by atomic mass is 32.1. The van der Waals surface area contributed by atoms with Gasteiger partial charge >= 0.3 is 0 Å². The van der Waals surface area contributed by atoms with E-state index in [1.54, 1.807) is 11.3 Å². The average molecular weight is 275 g/mol. The maximum Gasteiger partial charge on any atom is 0.0719 e. The molecule has 1 aromatic heterocycles. The number of benzene rings is 1. The number of hydrogen-bond donors (Lipinski definition) is 1. The van der Waals surface area contributed by atoms with Crippen molar-refractivity contribution in [1.29, 1.82) is 0 Å². The van der Waals surface area contributed by atoms with Crippen molar-refractivity contribution in [3.05, 3.63) is 57.8 Å². The number of nitrogens with one attached hydrogen (secondary N) is 1. The summed E-state index contributed by atoms with van der Waals surface area (Å²) >= 11 is 1.74. The highest BCUT2D eigenvalue weighted by Crippen LogP contribution is 2.17. The molecule has 0 fully saturated rings. The molecule has 0 aliphatic rings. The van der Waals surface area contributed by atoms with Crippen LogP contribution in [0.5, 0.6) is 0 Å². The molecule has 2 aromatic rings. The Bertz CT molecular complexity index is 481. The summed E-state index contributed by atoms with van der Waals surface area (Å²) in [4.78, 5) is 0. The number of rotatable bonds is 7. The van der Waals surface area contributed by atoms with E-state index >= 15 is 0 Å². The second-order valence-corrected chi connectivity index (χ2v) is 5.35. The van der Waals surface area contributed by atoms with Gasteiger partial charge in [0.05, 0.1) is 6.61 Å². The Labute approximate surface area is 119 Å². The lowest BCUT2D eigenvalue weighted by Crippen LogP contribution is -2.18. The van der Waals surface area contributed by atoms with Gasteiger partial charge in [0.2, 0.25) is 0 Å². The number of hydrogen-bond acceptors (Lipinski definition) is 3. The van der Waals surface area contributed by atoms with Gasteiger partial charge in [0.25, 0.3) is 0 Å². The predicted octanol–water partition coefficient (Wildman–Crippen LogP) is 4.14. The van der Waals surface area contributed by atoms with Crippen LogP contribution in [0.3, 0.4) is 0 Å². The summed E-state index contributed by atoms with van der Waals surface area (Å²) in [5, 5.41) is 7.89. The molecule has 0 aliphatic heterocycles. The summed E-state index contributed by atoms with van der Waals surface area (Å²) in [5.41, 5.74) is 3.94. The van der Waals surface area contributed by atoms with Crippen molar-refractivity contribution in [2.75, 3.05) is 6.61 Å². The van der Waals surface area contributed by atoms with Crippen molar-refractivity contribution in [3.63, 3.8) is 0 Å². The monoisotopic (exact) mass is 275 g/mol. The van der Waals surface area contributed by atoms with Crippen LogP contribution in [0, 0.1) is 0 Å². The van der Waals surface area contributed by atoms with Crippen LogP contribution in [0.25, 0.3) is 0 Å². The fourth-order valence-corrected chi connectivity index (χ4v) is 2.74. The fraction of sp³-hybridized carbons (Fsp3) is 0.375. The van der Waals surface area contributed by atoms with E-state index in [0.29, 0.717) is 12.6 Å². The number of ether oxygens (including phenoxy) is 1. The Balaban J connectivity index is 1.95. The lowest BCUT2D eigenvalue weighted by atomic mass is 10.1. The van der Waals surface area contributed by atoms with Gasteiger partial charge in [0.15, 0.2) is 0 Å². The molecular weight excluding hydrogens is 254 g/mol. The van der Waals surface area contributed by atoms with Crippen LogP contribution in [-0.4, -0.2) is 6.61 Å². The molecule has 2 nitrogen and oxygen atoms in total. The summed E-state index contributed by atoms with van der Waals surface area (Å²) in [6.45, 7) is 6.56. The maximum atomic E-state index is 5.51. The van der Waals surface area contributed by atoms with Crippen molar-refractivity contribution in [2.24, 2.45) is 0 Å². The Morgan fingerprint density at radius 1 is 1.21 bits per heavy atom. The maximum absolute atomic E-state index is 5.51. The van der Waals surface area contributed by atoms with Crippen LogP contribution in [0.1, 0.15) is 36.6 Å². The lowest BCUT2D eigenvalue weighted by molar-refractivity contribution is 0.133. The molecule has 0 radical (unpaired) electrons. The van der Waals surface area contributed by atoms with E-state index < -0.39 is 0 Å². The molecular formula is C16H21NOS. The minimum atomic E-state index is 0.381. The highest BCUT2D eigenvalue weighted by Gasteiger charge is 2.07. The largest absolute Gasteiger partial charge is 0.377 e. The predicted molar refractivity (Wildman–Crippen MR) is 81.3 cm³/mol. The molecule has 1 atom stereocenters. The van der Waals surface area contributed by atoms with Crippen LogP contribution >= 0.6 is 11.3 Å². The average Bonchev–Trinajstić information content (AvgIpc) is 2.97. The quantitative estimate of drug-likeness (QED) is 0.820. The van der Waals surface area contributed by atoms with Gasteiger partial charge in [-0.2, -0.15) is 11.3 Å². The minimum Gasteiger partial charge on any atom is -0.377 e. The standard InChI is InChI=1S/C16H21NOS/c1-3-18-11-15-7-5-4-6-14(15)10-17-13(2)16-8-9-19-12-16/h4-9,12-13,17H,3,10-11H2,1-2H3. The molecule has 1 unspecified atom stereocenters. The van der Waals surface area contributed by atoms with E-state index in [0.717, 1.165) is 13.2 Å². The summed E-state index contributed by atoms with van der Waals surface area (Å²) in [6, 6.07) is 11.0. The van der Waals surface area contributed by atoms with E-state index in [-0.39, 0.29) is 0 Å². The third-order valence-electron chi connectivity index (χ3n) is 3.22. The molecule has 0 saturated heterocycles. The lowest BCUT2D eigenvalue weighted by Gasteiger charge is -2.15. The van der Waals surface area contributed by atoms with Gasteiger partial charge in [-0.05, 0) is 47.4 Å². The van der Waals surface area contributed by atoms with Crippen LogP contribution in [-0.2, 0) is 17.9 Å². The first kappa shape index (κ1) is 14.3. The van der Waals surface area contributed by atoms with Gasteiger partial charge in [0, 0.05) is 19.2 Å². The molecule has 0 saturated carbocycles. The molecule has 2 rings (SSSR count). The van der Waals surface area contributed by atoms with Gasteiger partial charge < -0.3 is 10.1 Å². The summed E-state index contributed by atoms with van der Waals surface area (Å²) in [5.74, 6) is 0. The van der Waals surface area contributed by atoms with E-state index in [4.69, 9.17) is 4.74 Å². The van der Waals surface area contributed by atoms with Crippen molar-refractivity contribution >= 4 is 11.3 Å². The Hall–Kier alpha value is -1.16. The second-order valence-electron chi connectivity index (χ2n) is 4.57. The SMILES string of the molecule is CCOCc1ccccc1CNC(C)c1ccsc1. The third kappa shape index (κ3) is 4.16. The molecule has 3 heteroatoms. The summed E-state index contributed by atoms with van der Waals surface area (Å²) in [7, 11) is 0. The molecule has 1 heterocycles. The van der Waals surface area contributed by atoms with Crippen LogP contribution in [0.4, 0.5) is 0 Å². The van der Waals surface area contributed by atoms with Crippen molar-refractivity contribution < 1.29 is 4.74 Å². The van der Waals surface area contributed by atoms with Gasteiger partial charge in [-0.25, -0.2) is 0 Å². The van der Waals surface area contributed by atoms with E-state index in [1.165, 1.54) is 16.7 Å². The molecule has 102 valence electrons. The Morgan fingerprint density at radius 2 is 2.00 bits per heavy atom. The van der Waals surface area contributed by atoms with Crippen molar-refractivity contribution in [2.45, 2.75) is 33.0 Å².